The molecule has 0 saturated heterocycles. The average Bonchev–Trinajstić information content (AvgIpc) is 2.84. The van der Waals surface area contributed by atoms with Gasteiger partial charge in [0.05, 0.1) is 30.7 Å². The van der Waals surface area contributed by atoms with Crippen molar-refractivity contribution in [3.05, 3.63) is 77.9 Å². The minimum Gasteiger partial charge on any atom is -0.506 e. The van der Waals surface area contributed by atoms with Crippen LogP contribution in [0.15, 0.2) is 66.7 Å². The Labute approximate surface area is 204 Å². The van der Waals surface area contributed by atoms with Gasteiger partial charge in [0, 0.05) is 13.1 Å². The quantitative estimate of drug-likeness (QED) is 0.179. The summed E-state index contributed by atoms with van der Waals surface area (Å²) in [5.74, 6) is 0.0902. The number of hydrogen-bond donors (Lipinski definition) is 4. The minimum absolute atomic E-state index is 0.00948. The number of methoxy groups -OCH3 is 1. The molecular weight excluding hydrogens is 472 g/mol. The van der Waals surface area contributed by atoms with Gasteiger partial charge in [0.25, 0.3) is 0 Å². The van der Waals surface area contributed by atoms with Crippen LogP contribution in [-0.2, 0) is 14.8 Å². The molecule has 10 heteroatoms. The van der Waals surface area contributed by atoms with Gasteiger partial charge in [0.15, 0.2) is 0 Å². The Hall–Kier alpha value is -3.60. The van der Waals surface area contributed by atoms with Crippen LogP contribution in [0, 0.1) is 0 Å². The first kappa shape index (κ1) is 26.0. The highest BCUT2D eigenvalue weighted by atomic mass is 32.2. The number of rotatable bonds is 11. The number of carbonyl (C=O) groups is 1. The number of nitrogens with one attached hydrogen (secondary N) is 2. The minimum atomic E-state index is -3.56. The maximum absolute atomic E-state index is 11.5. The van der Waals surface area contributed by atoms with E-state index in [9.17, 15) is 23.4 Å². The van der Waals surface area contributed by atoms with Crippen molar-refractivity contribution in [2.24, 2.45) is 0 Å². The number of ether oxygens (including phenoxy) is 2. The number of carbonyl (C=O) groups excluding carboxylic acids is 1. The molecule has 0 bridgehead atoms. The van der Waals surface area contributed by atoms with Crippen molar-refractivity contribution >= 4 is 21.7 Å². The molecule has 0 aromatic heterocycles. The summed E-state index contributed by atoms with van der Waals surface area (Å²) in [5, 5.41) is 23.2. The Morgan fingerprint density at radius 1 is 1.00 bits per heavy atom. The number of aromatic hydroxyl groups is 1. The highest BCUT2D eigenvalue weighted by molar-refractivity contribution is 7.92. The zero-order valence-corrected chi connectivity index (χ0v) is 20.2. The van der Waals surface area contributed by atoms with Crippen LogP contribution >= 0.6 is 0 Å². The van der Waals surface area contributed by atoms with Gasteiger partial charge in [0.2, 0.25) is 10.0 Å². The molecule has 3 aromatic rings. The smallest absolute Gasteiger partial charge is 0.337 e. The van der Waals surface area contributed by atoms with Gasteiger partial charge in [-0.05, 0) is 53.1 Å². The lowest BCUT2D eigenvalue weighted by atomic mass is 10.0. The van der Waals surface area contributed by atoms with E-state index in [0.29, 0.717) is 30.0 Å². The molecule has 1 atom stereocenters. The highest BCUT2D eigenvalue weighted by Crippen LogP contribution is 2.28. The highest BCUT2D eigenvalue weighted by Gasteiger charge is 2.13. The van der Waals surface area contributed by atoms with E-state index >= 15 is 0 Å². The molecule has 0 saturated carbocycles. The number of sulfonamides is 1. The molecule has 9 nitrogen and oxygen atoms in total. The lowest BCUT2D eigenvalue weighted by Crippen LogP contribution is -2.26. The molecule has 0 aliphatic rings. The summed E-state index contributed by atoms with van der Waals surface area (Å²) in [6.07, 6.45) is 0.0783. The van der Waals surface area contributed by atoms with Crippen LogP contribution < -0.4 is 14.8 Å². The third-order valence-corrected chi connectivity index (χ3v) is 5.67. The third-order valence-electron chi connectivity index (χ3n) is 5.08. The maximum Gasteiger partial charge on any atom is 0.337 e. The number of benzene rings is 3. The third kappa shape index (κ3) is 7.71. The van der Waals surface area contributed by atoms with E-state index in [1.54, 1.807) is 12.1 Å². The number of phenolic OH excluding ortho intramolecular Hbond substituents is 1. The monoisotopic (exact) mass is 500 g/mol. The molecule has 0 heterocycles. The number of phenols is 1. The van der Waals surface area contributed by atoms with E-state index in [1.165, 1.54) is 25.3 Å². The largest absolute Gasteiger partial charge is 0.506 e. The Morgan fingerprint density at radius 3 is 2.23 bits per heavy atom. The number of esters is 1. The summed E-state index contributed by atoms with van der Waals surface area (Å²) < 4.78 is 35.5. The molecule has 0 radical (unpaired) electrons. The molecule has 0 spiro atoms. The van der Waals surface area contributed by atoms with Crippen molar-refractivity contribution in [1.82, 2.24) is 5.32 Å². The molecule has 0 fully saturated rings. The lowest BCUT2D eigenvalue weighted by Gasteiger charge is -2.15. The van der Waals surface area contributed by atoms with Crippen molar-refractivity contribution in [3.63, 3.8) is 0 Å². The first-order valence-corrected chi connectivity index (χ1v) is 12.7. The molecule has 0 amide bonds. The van der Waals surface area contributed by atoms with Crippen molar-refractivity contribution in [2.75, 3.05) is 37.8 Å². The van der Waals surface area contributed by atoms with Crippen molar-refractivity contribution in [2.45, 2.75) is 6.10 Å². The molecular formula is C25H28N2O7S. The Balaban J connectivity index is 1.45. The Morgan fingerprint density at radius 2 is 1.63 bits per heavy atom. The number of aliphatic hydroxyl groups excluding tert-OH is 1. The maximum atomic E-state index is 11.5. The van der Waals surface area contributed by atoms with Crippen LogP contribution in [0.3, 0.4) is 0 Å². The second kappa shape index (κ2) is 11.7. The van der Waals surface area contributed by atoms with Crippen molar-refractivity contribution in [3.8, 4) is 22.6 Å². The topological polar surface area (TPSA) is 134 Å². The van der Waals surface area contributed by atoms with Gasteiger partial charge in [-0.1, -0.05) is 30.3 Å². The predicted molar refractivity (Wildman–Crippen MR) is 133 cm³/mol. The Kier molecular flexibility index (Phi) is 8.69. The van der Waals surface area contributed by atoms with Crippen LogP contribution in [-0.4, -0.2) is 57.7 Å². The first-order valence-electron chi connectivity index (χ1n) is 10.8. The molecule has 186 valence electrons. The number of aliphatic hydroxyl groups is 1. The molecule has 0 unspecified atom stereocenters. The van der Waals surface area contributed by atoms with Crippen LogP contribution in [0.5, 0.6) is 11.5 Å². The predicted octanol–water partition coefficient (Wildman–Crippen LogP) is 2.92. The van der Waals surface area contributed by atoms with Gasteiger partial charge in [0.1, 0.15) is 18.1 Å². The summed E-state index contributed by atoms with van der Waals surface area (Å²) in [6, 6.07) is 18.9. The number of anilines is 1. The zero-order valence-electron chi connectivity index (χ0n) is 19.4. The van der Waals surface area contributed by atoms with E-state index < -0.39 is 16.1 Å². The van der Waals surface area contributed by atoms with E-state index in [4.69, 9.17) is 9.47 Å². The summed E-state index contributed by atoms with van der Waals surface area (Å²) in [7, 11) is -2.21. The second-order valence-corrected chi connectivity index (χ2v) is 9.56. The first-order chi connectivity index (χ1) is 16.7. The fourth-order valence-corrected chi connectivity index (χ4v) is 3.86. The molecule has 3 rings (SSSR count). The van der Waals surface area contributed by atoms with Gasteiger partial charge >= 0.3 is 5.97 Å². The van der Waals surface area contributed by atoms with Crippen molar-refractivity contribution in [1.29, 1.82) is 0 Å². The van der Waals surface area contributed by atoms with E-state index in [0.717, 1.165) is 17.4 Å². The average molecular weight is 501 g/mol. The van der Waals surface area contributed by atoms with Gasteiger partial charge < -0.3 is 25.0 Å². The van der Waals surface area contributed by atoms with Crippen LogP contribution in [0.2, 0.25) is 0 Å². The van der Waals surface area contributed by atoms with Crippen LogP contribution in [0.25, 0.3) is 11.1 Å². The molecule has 0 aliphatic heterocycles. The van der Waals surface area contributed by atoms with Gasteiger partial charge in [-0.2, -0.15) is 0 Å². The lowest BCUT2D eigenvalue weighted by molar-refractivity contribution is 0.0600. The fourth-order valence-electron chi connectivity index (χ4n) is 3.30. The zero-order chi connectivity index (χ0) is 25.4. The van der Waals surface area contributed by atoms with E-state index in [2.05, 4.69) is 10.0 Å². The van der Waals surface area contributed by atoms with Crippen molar-refractivity contribution < 1.29 is 32.9 Å². The molecule has 3 aromatic carbocycles. The molecule has 0 aliphatic carbocycles. The van der Waals surface area contributed by atoms with Gasteiger partial charge in [-0.3, -0.25) is 4.72 Å². The normalized spacial score (nSPS) is 12.1. The summed E-state index contributed by atoms with van der Waals surface area (Å²) in [6.45, 7) is 1.06. The Bertz CT molecular complexity index is 1240. The fraction of sp³-hybridized carbons (Fsp3) is 0.240. The van der Waals surface area contributed by atoms with Gasteiger partial charge in [-0.25, -0.2) is 13.2 Å². The summed E-state index contributed by atoms with van der Waals surface area (Å²) in [5.41, 5.74) is 2.90. The summed E-state index contributed by atoms with van der Waals surface area (Å²) in [4.78, 5) is 11.5. The summed E-state index contributed by atoms with van der Waals surface area (Å²) >= 11 is 0. The standard InChI is InChI=1S/C25H28N2O7S/c1-33-25(30)19-5-3-17(4-6-19)18-7-10-21(11-8-18)34-14-13-26-16-24(29)20-9-12-23(28)22(15-20)27-35(2,31)32/h3-12,15,24,26-29H,13-14,16H2,1-2H3/t24-/m1/s1. The molecule has 4 N–H and O–H groups in total. The van der Waals surface area contributed by atoms with Crippen LogP contribution in [0.4, 0.5) is 5.69 Å². The molecule has 35 heavy (non-hydrogen) atoms. The van der Waals surface area contributed by atoms with Gasteiger partial charge in [-0.15, -0.1) is 0 Å². The number of hydrogen-bond acceptors (Lipinski definition) is 8. The van der Waals surface area contributed by atoms with E-state index in [-0.39, 0.29) is 24.0 Å². The SMILES string of the molecule is COC(=O)c1ccc(-c2ccc(OCCNC[C@@H](O)c3ccc(O)c(NS(C)(=O)=O)c3)cc2)cc1. The van der Waals surface area contributed by atoms with Crippen LogP contribution in [0.1, 0.15) is 22.0 Å². The second-order valence-electron chi connectivity index (χ2n) is 7.81. The van der Waals surface area contributed by atoms with E-state index in [1.807, 2.05) is 36.4 Å².